The van der Waals surface area contributed by atoms with Crippen LogP contribution in [0.5, 0.6) is 0 Å². The van der Waals surface area contributed by atoms with Crippen LogP contribution in [0.2, 0.25) is 0 Å². The number of carboxylic acid groups (broad SMARTS) is 1. The highest BCUT2D eigenvalue weighted by Crippen LogP contribution is 2.29. The van der Waals surface area contributed by atoms with Gasteiger partial charge in [-0.25, -0.2) is 13.2 Å². The predicted octanol–water partition coefficient (Wildman–Crippen LogP) is -0.258. The Bertz CT molecular complexity index is 680. The Kier molecular flexibility index (Phi) is 4.01. The number of sulfonamides is 1. The van der Waals surface area contributed by atoms with Crippen LogP contribution in [-0.4, -0.2) is 59.7 Å². The monoisotopic (exact) mass is 317 g/mol. The van der Waals surface area contributed by atoms with Crippen molar-refractivity contribution in [3.05, 3.63) is 11.4 Å². The molecule has 0 aliphatic carbocycles. The van der Waals surface area contributed by atoms with Gasteiger partial charge in [-0.3, -0.25) is 9.89 Å². The molecular formula is C11H15N3O6S. The van der Waals surface area contributed by atoms with E-state index >= 15 is 0 Å². The molecular weight excluding hydrogens is 302 g/mol. The third-order valence-electron chi connectivity index (χ3n) is 3.34. The molecule has 1 unspecified atom stereocenters. The molecule has 0 radical (unpaired) electrons. The van der Waals surface area contributed by atoms with Gasteiger partial charge in [-0.05, 0) is 19.8 Å². The summed E-state index contributed by atoms with van der Waals surface area (Å²) in [4.78, 5) is 22.4. The molecule has 0 amide bonds. The van der Waals surface area contributed by atoms with Gasteiger partial charge in [-0.2, -0.15) is 9.40 Å². The second-order valence-electron chi connectivity index (χ2n) is 4.63. The Balaban J connectivity index is 2.50. The lowest BCUT2D eigenvalue weighted by Gasteiger charge is -2.22. The highest BCUT2D eigenvalue weighted by Gasteiger charge is 2.43. The zero-order valence-electron chi connectivity index (χ0n) is 11.5. The minimum atomic E-state index is -4.15. The zero-order chi connectivity index (χ0) is 15.8. The van der Waals surface area contributed by atoms with Gasteiger partial charge >= 0.3 is 11.9 Å². The second-order valence-corrected chi connectivity index (χ2v) is 6.46. The lowest BCUT2D eigenvalue weighted by molar-refractivity contribution is -0.144. The number of carbonyl (C=O) groups excluding carboxylic acids is 1. The average Bonchev–Trinajstić information content (AvgIpc) is 3.04. The molecule has 1 atom stereocenters. The van der Waals surface area contributed by atoms with E-state index in [9.17, 15) is 18.0 Å². The van der Waals surface area contributed by atoms with Crippen LogP contribution in [-0.2, 0) is 19.6 Å². The first-order valence-corrected chi connectivity index (χ1v) is 7.62. The molecule has 116 valence electrons. The number of aromatic nitrogens is 2. The number of aryl methyl sites for hydroxylation is 1. The number of ether oxygens (including phenoxy) is 1. The number of nitrogens with one attached hydrogen (secondary N) is 1. The second kappa shape index (κ2) is 5.45. The molecule has 2 rings (SSSR count). The van der Waals surface area contributed by atoms with E-state index in [1.54, 1.807) is 0 Å². The van der Waals surface area contributed by atoms with Crippen LogP contribution < -0.4 is 0 Å². The zero-order valence-corrected chi connectivity index (χ0v) is 12.3. The number of rotatable bonds is 4. The normalized spacial score (nSPS) is 19.6. The van der Waals surface area contributed by atoms with Crippen LogP contribution in [0.25, 0.3) is 0 Å². The molecule has 1 aliphatic rings. The quantitative estimate of drug-likeness (QED) is 0.732. The minimum absolute atomic E-state index is 0.114. The lowest BCUT2D eigenvalue weighted by atomic mass is 10.2. The summed E-state index contributed by atoms with van der Waals surface area (Å²) in [6.45, 7) is 1.54. The first-order chi connectivity index (χ1) is 9.80. The summed E-state index contributed by atoms with van der Waals surface area (Å²) >= 11 is 0. The molecule has 0 aromatic carbocycles. The molecule has 2 heterocycles. The Hall–Kier alpha value is -1.94. The number of aromatic carboxylic acids is 1. The number of esters is 1. The van der Waals surface area contributed by atoms with Crippen molar-refractivity contribution in [2.75, 3.05) is 13.7 Å². The maximum absolute atomic E-state index is 12.7. The average molecular weight is 317 g/mol. The van der Waals surface area contributed by atoms with Gasteiger partial charge in [0.05, 0.1) is 12.8 Å². The summed E-state index contributed by atoms with van der Waals surface area (Å²) in [6.07, 6.45) is 0.837. The van der Waals surface area contributed by atoms with Gasteiger partial charge in [-0.1, -0.05) is 0 Å². The van der Waals surface area contributed by atoms with Crippen molar-refractivity contribution < 1.29 is 27.9 Å². The van der Waals surface area contributed by atoms with Gasteiger partial charge in [0.25, 0.3) is 0 Å². The number of carbonyl (C=O) groups is 2. The number of methoxy groups -OCH3 is 1. The van der Waals surface area contributed by atoms with Gasteiger partial charge < -0.3 is 9.84 Å². The van der Waals surface area contributed by atoms with E-state index in [-0.39, 0.29) is 12.2 Å². The molecule has 1 aliphatic heterocycles. The van der Waals surface area contributed by atoms with Crippen molar-refractivity contribution in [3.8, 4) is 0 Å². The Labute approximate surface area is 120 Å². The number of nitrogens with zero attached hydrogens (tertiary/aromatic N) is 2. The number of hydrogen-bond donors (Lipinski definition) is 2. The smallest absolute Gasteiger partial charge is 0.357 e. The fraction of sp³-hybridized carbons (Fsp3) is 0.545. The van der Waals surface area contributed by atoms with Crippen molar-refractivity contribution in [2.45, 2.75) is 30.7 Å². The van der Waals surface area contributed by atoms with Crippen LogP contribution in [0.4, 0.5) is 0 Å². The van der Waals surface area contributed by atoms with Crippen molar-refractivity contribution >= 4 is 22.0 Å². The summed E-state index contributed by atoms with van der Waals surface area (Å²) in [7, 11) is -2.97. The van der Waals surface area contributed by atoms with Crippen molar-refractivity contribution in [1.29, 1.82) is 0 Å². The molecule has 1 aromatic heterocycles. The van der Waals surface area contributed by atoms with E-state index in [2.05, 4.69) is 14.9 Å². The topological polar surface area (TPSA) is 130 Å². The number of aromatic amines is 1. The van der Waals surface area contributed by atoms with Crippen LogP contribution in [0, 0.1) is 6.92 Å². The Morgan fingerprint density at radius 2 is 2.14 bits per heavy atom. The summed E-state index contributed by atoms with van der Waals surface area (Å²) < 4.78 is 30.9. The van der Waals surface area contributed by atoms with E-state index in [1.807, 2.05) is 0 Å². The molecule has 1 saturated heterocycles. The van der Waals surface area contributed by atoms with E-state index in [0.29, 0.717) is 12.8 Å². The SMILES string of the molecule is COC(=O)C1CCCN1S(=O)(=O)c1c(C(=O)O)n[nH]c1C. The maximum Gasteiger partial charge on any atom is 0.357 e. The molecule has 9 nitrogen and oxygen atoms in total. The summed E-state index contributed by atoms with van der Waals surface area (Å²) in [5.74, 6) is -2.11. The summed E-state index contributed by atoms with van der Waals surface area (Å²) in [6, 6.07) is -0.934. The predicted molar refractivity (Wildman–Crippen MR) is 69.2 cm³/mol. The van der Waals surface area contributed by atoms with Crippen LogP contribution in [0.3, 0.4) is 0 Å². The first-order valence-electron chi connectivity index (χ1n) is 6.18. The Morgan fingerprint density at radius 3 is 2.71 bits per heavy atom. The minimum Gasteiger partial charge on any atom is -0.476 e. The molecule has 1 fully saturated rings. The number of carboxylic acids is 1. The van der Waals surface area contributed by atoms with E-state index in [0.717, 1.165) is 4.31 Å². The third-order valence-corrected chi connectivity index (χ3v) is 5.41. The standard InChI is InChI=1S/C11H15N3O6S/c1-6-9(8(10(15)16)13-12-6)21(18,19)14-5-3-4-7(14)11(17)20-2/h7H,3-5H2,1-2H3,(H,12,13)(H,15,16). The maximum atomic E-state index is 12.7. The fourth-order valence-electron chi connectivity index (χ4n) is 2.40. The van der Waals surface area contributed by atoms with Crippen molar-refractivity contribution in [2.24, 2.45) is 0 Å². The summed E-state index contributed by atoms with van der Waals surface area (Å²) in [5.41, 5.74) is -0.467. The Morgan fingerprint density at radius 1 is 1.48 bits per heavy atom. The van der Waals surface area contributed by atoms with Crippen LogP contribution in [0.1, 0.15) is 29.0 Å². The molecule has 0 bridgehead atoms. The van der Waals surface area contributed by atoms with Gasteiger partial charge in [0.15, 0.2) is 5.69 Å². The van der Waals surface area contributed by atoms with Crippen molar-refractivity contribution in [3.63, 3.8) is 0 Å². The largest absolute Gasteiger partial charge is 0.476 e. The molecule has 2 N–H and O–H groups in total. The van der Waals surface area contributed by atoms with Gasteiger partial charge in [-0.15, -0.1) is 0 Å². The van der Waals surface area contributed by atoms with Crippen LogP contribution in [0.15, 0.2) is 4.90 Å². The molecule has 21 heavy (non-hydrogen) atoms. The molecule has 0 spiro atoms. The number of hydrogen-bond acceptors (Lipinski definition) is 6. The summed E-state index contributed by atoms with van der Waals surface area (Å²) in [5, 5.41) is 14.9. The van der Waals surface area contributed by atoms with Crippen LogP contribution >= 0.6 is 0 Å². The fourth-order valence-corrected chi connectivity index (χ4v) is 4.34. The first kappa shape index (κ1) is 15.4. The van der Waals surface area contributed by atoms with Crippen molar-refractivity contribution in [1.82, 2.24) is 14.5 Å². The van der Waals surface area contributed by atoms with Gasteiger partial charge in [0.2, 0.25) is 10.0 Å². The van der Waals surface area contributed by atoms with E-state index in [1.165, 1.54) is 14.0 Å². The molecule has 0 saturated carbocycles. The highest BCUT2D eigenvalue weighted by atomic mass is 32.2. The molecule has 1 aromatic rings. The van der Waals surface area contributed by atoms with Gasteiger partial charge in [0.1, 0.15) is 10.9 Å². The van der Waals surface area contributed by atoms with E-state index in [4.69, 9.17) is 5.11 Å². The third kappa shape index (κ3) is 2.51. The molecule has 10 heteroatoms. The van der Waals surface area contributed by atoms with Gasteiger partial charge in [0, 0.05) is 6.54 Å². The lowest BCUT2D eigenvalue weighted by Crippen LogP contribution is -2.41. The highest BCUT2D eigenvalue weighted by molar-refractivity contribution is 7.89. The number of H-pyrrole nitrogens is 1. The van der Waals surface area contributed by atoms with E-state index < -0.39 is 38.6 Å².